The first-order chi connectivity index (χ1) is 12.1. The minimum Gasteiger partial charge on any atom is -0.454 e. The number of carbonyl (C=O) groups is 1. The van der Waals surface area contributed by atoms with Crippen LogP contribution in [0.2, 0.25) is 5.02 Å². The predicted molar refractivity (Wildman–Crippen MR) is 92.2 cm³/mol. The van der Waals surface area contributed by atoms with Gasteiger partial charge in [-0.1, -0.05) is 29.8 Å². The van der Waals surface area contributed by atoms with E-state index in [1.54, 1.807) is 42.5 Å². The van der Waals surface area contributed by atoms with Gasteiger partial charge in [-0.3, -0.25) is 9.36 Å². The van der Waals surface area contributed by atoms with Crippen molar-refractivity contribution in [3.05, 3.63) is 75.3 Å². The second kappa shape index (κ2) is 7.16. The third-order valence-corrected chi connectivity index (χ3v) is 3.80. The van der Waals surface area contributed by atoms with Crippen LogP contribution in [0.3, 0.4) is 0 Å². The summed E-state index contributed by atoms with van der Waals surface area (Å²) in [6.45, 7) is -0.409. The number of rotatable bonds is 4. The van der Waals surface area contributed by atoms with Gasteiger partial charge >= 0.3 is 5.97 Å². The highest BCUT2D eigenvalue weighted by Crippen LogP contribution is 2.13. The molecule has 0 radical (unpaired) electrons. The molecule has 0 aliphatic carbocycles. The summed E-state index contributed by atoms with van der Waals surface area (Å²) in [7, 11) is 0. The van der Waals surface area contributed by atoms with Crippen LogP contribution in [-0.4, -0.2) is 15.5 Å². The van der Waals surface area contributed by atoms with Crippen LogP contribution in [0.5, 0.6) is 0 Å². The summed E-state index contributed by atoms with van der Waals surface area (Å²) < 4.78 is 6.43. The molecule has 0 N–H and O–H groups in total. The van der Waals surface area contributed by atoms with Crippen molar-refractivity contribution in [1.29, 1.82) is 5.26 Å². The number of fused-ring (bicyclic) bond motifs is 1. The van der Waals surface area contributed by atoms with Gasteiger partial charge in [0.25, 0.3) is 5.56 Å². The van der Waals surface area contributed by atoms with Crippen LogP contribution in [0.1, 0.15) is 16.2 Å². The lowest BCUT2D eigenvalue weighted by Gasteiger charge is -2.11. The topological polar surface area (TPSA) is 85.0 Å². The summed E-state index contributed by atoms with van der Waals surface area (Å²) in [6.07, 6.45) is 0. The Balaban J connectivity index is 1.93. The number of para-hydroxylation sites is 1. The van der Waals surface area contributed by atoms with Gasteiger partial charge < -0.3 is 4.74 Å². The molecule has 1 heterocycles. The minimum absolute atomic E-state index is 0.180. The van der Waals surface area contributed by atoms with Gasteiger partial charge in [0.1, 0.15) is 13.2 Å². The second-order valence-corrected chi connectivity index (χ2v) is 5.62. The number of carbonyl (C=O) groups excluding carboxylic acids is 1. The molecule has 2 aromatic carbocycles. The maximum Gasteiger partial charge on any atom is 0.338 e. The van der Waals surface area contributed by atoms with Crippen molar-refractivity contribution in [1.82, 2.24) is 9.55 Å². The average molecular weight is 354 g/mol. The number of aromatic nitrogens is 2. The molecule has 0 unspecified atom stereocenters. The molecule has 25 heavy (non-hydrogen) atoms. The van der Waals surface area contributed by atoms with Crippen molar-refractivity contribution in [2.45, 2.75) is 13.2 Å². The summed E-state index contributed by atoms with van der Waals surface area (Å²) in [4.78, 5) is 29.0. The van der Waals surface area contributed by atoms with Gasteiger partial charge in [-0.05, 0) is 30.3 Å². The molecule has 0 aliphatic rings. The fourth-order valence-corrected chi connectivity index (χ4v) is 2.58. The number of hydrogen-bond acceptors (Lipinski definition) is 5. The number of nitriles is 1. The third-order valence-electron chi connectivity index (χ3n) is 3.56. The zero-order chi connectivity index (χ0) is 17.8. The number of benzene rings is 2. The quantitative estimate of drug-likeness (QED) is 0.673. The van der Waals surface area contributed by atoms with E-state index in [4.69, 9.17) is 21.6 Å². The summed E-state index contributed by atoms with van der Waals surface area (Å²) in [5, 5.41) is 9.79. The van der Waals surface area contributed by atoms with Crippen molar-refractivity contribution in [2.75, 3.05) is 0 Å². The van der Waals surface area contributed by atoms with E-state index in [-0.39, 0.29) is 24.5 Å². The SMILES string of the molecule is N#CCn1c(COC(=O)c2cccc(Cl)c2)nc2ccccc2c1=O. The molecule has 0 saturated heterocycles. The largest absolute Gasteiger partial charge is 0.454 e. The highest BCUT2D eigenvalue weighted by Gasteiger charge is 2.14. The van der Waals surface area contributed by atoms with Gasteiger partial charge in [0.2, 0.25) is 0 Å². The van der Waals surface area contributed by atoms with Crippen LogP contribution in [0.15, 0.2) is 53.3 Å². The Morgan fingerprint density at radius 3 is 2.80 bits per heavy atom. The Morgan fingerprint density at radius 1 is 1.24 bits per heavy atom. The normalized spacial score (nSPS) is 10.4. The van der Waals surface area contributed by atoms with E-state index in [0.717, 1.165) is 0 Å². The average Bonchev–Trinajstić information content (AvgIpc) is 2.62. The third kappa shape index (κ3) is 3.52. The van der Waals surface area contributed by atoms with Gasteiger partial charge in [-0.2, -0.15) is 5.26 Å². The molecule has 0 aliphatic heterocycles. The van der Waals surface area contributed by atoms with Crippen molar-refractivity contribution < 1.29 is 9.53 Å². The Morgan fingerprint density at radius 2 is 2.04 bits per heavy atom. The number of ether oxygens (including phenoxy) is 1. The number of hydrogen-bond donors (Lipinski definition) is 0. The summed E-state index contributed by atoms with van der Waals surface area (Å²) in [5.41, 5.74) is 0.430. The second-order valence-electron chi connectivity index (χ2n) is 5.18. The van der Waals surface area contributed by atoms with E-state index < -0.39 is 5.97 Å². The van der Waals surface area contributed by atoms with Gasteiger partial charge in [-0.25, -0.2) is 9.78 Å². The molecule has 0 spiro atoms. The molecule has 1 aromatic heterocycles. The van der Waals surface area contributed by atoms with Crippen LogP contribution in [0, 0.1) is 11.3 Å². The lowest BCUT2D eigenvalue weighted by Crippen LogP contribution is -2.26. The van der Waals surface area contributed by atoms with E-state index in [1.807, 2.05) is 6.07 Å². The van der Waals surface area contributed by atoms with Gasteiger partial charge in [-0.15, -0.1) is 0 Å². The van der Waals surface area contributed by atoms with Crippen LogP contribution >= 0.6 is 11.6 Å². The highest BCUT2D eigenvalue weighted by atomic mass is 35.5. The van der Waals surface area contributed by atoms with Gasteiger partial charge in [0.05, 0.1) is 22.5 Å². The molecule has 3 aromatic rings. The smallest absolute Gasteiger partial charge is 0.338 e. The minimum atomic E-state index is -0.589. The lowest BCUT2D eigenvalue weighted by molar-refractivity contribution is 0.0457. The first kappa shape index (κ1) is 16.7. The molecular weight excluding hydrogens is 342 g/mol. The summed E-state index contributed by atoms with van der Waals surface area (Å²) in [5.74, 6) is -0.381. The van der Waals surface area contributed by atoms with Crippen molar-refractivity contribution in [2.24, 2.45) is 0 Å². The Kier molecular flexibility index (Phi) is 4.78. The Labute approximate surface area is 147 Å². The zero-order valence-corrected chi connectivity index (χ0v) is 13.7. The van der Waals surface area contributed by atoms with Crippen LogP contribution < -0.4 is 5.56 Å². The number of halogens is 1. The summed E-state index contributed by atoms with van der Waals surface area (Å²) in [6, 6.07) is 15.1. The van der Waals surface area contributed by atoms with Gasteiger partial charge in [0.15, 0.2) is 5.82 Å². The maximum absolute atomic E-state index is 12.5. The van der Waals surface area contributed by atoms with E-state index in [0.29, 0.717) is 21.5 Å². The number of nitrogens with zero attached hydrogens (tertiary/aromatic N) is 3. The highest BCUT2D eigenvalue weighted by molar-refractivity contribution is 6.30. The van der Waals surface area contributed by atoms with Crippen LogP contribution in [-0.2, 0) is 17.9 Å². The van der Waals surface area contributed by atoms with Crippen LogP contribution in [0.4, 0.5) is 0 Å². The van der Waals surface area contributed by atoms with Crippen molar-refractivity contribution in [3.63, 3.8) is 0 Å². The standard InChI is InChI=1S/C18H12ClN3O3/c19-13-5-3-4-12(10-13)18(24)25-11-16-21-15-7-2-1-6-14(15)17(23)22(16)9-8-20/h1-7,10H,9,11H2. The van der Waals surface area contributed by atoms with Gasteiger partial charge in [0, 0.05) is 5.02 Å². The molecule has 7 heteroatoms. The molecular formula is C18H12ClN3O3. The maximum atomic E-state index is 12.5. The number of esters is 1. The first-order valence-corrected chi connectivity index (χ1v) is 7.76. The molecule has 124 valence electrons. The fourth-order valence-electron chi connectivity index (χ4n) is 2.39. The van der Waals surface area contributed by atoms with E-state index in [9.17, 15) is 9.59 Å². The van der Waals surface area contributed by atoms with E-state index in [1.165, 1.54) is 10.6 Å². The zero-order valence-electron chi connectivity index (χ0n) is 13.0. The monoisotopic (exact) mass is 353 g/mol. The lowest BCUT2D eigenvalue weighted by atomic mass is 10.2. The molecule has 0 saturated carbocycles. The van der Waals surface area contributed by atoms with Crippen molar-refractivity contribution in [3.8, 4) is 6.07 Å². The Bertz CT molecular complexity index is 1050. The molecule has 0 amide bonds. The van der Waals surface area contributed by atoms with Crippen molar-refractivity contribution >= 4 is 28.5 Å². The molecule has 3 rings (SSSR count). The summed E-state index contributed by atoms with van der Waals surface area (Å²) >= 11 is 5.86. The predicted octanol–water partition coefficient (Wildman–Crippen LogP) is 2.93. The molecule has 6 nitrogen and oxygen atoms in total. The van der Waals surface area contributed by atoms with E-state index in [2.05, 4.69) is 4.98 Å². The fraction of sp³-hybridized carbons (Fsp3) is 0.111. The molecule has 0 fully saturated rings. The first-order valence-electron chi connectivity index (χ1n) is 7.38. The van der Waals surface area contributed by atoms with Crippen LogP contribution in [0.25, 0.3) is 10.9 Å². The molecule has 0 atom stereocenters. The van der Waals surface area contributed by atoms with E-state index >= 15 is 0 Å². The Hall–Kier alpha value is -3.17. The molecule has 0 bridgehead atoms.